The Morgan fingerprint density at radius 1 is 0.552 bits per heavy atom. The maximum Gasteiger partial charge on any atom is 0.230 e. The van der Waals surface area contributed by atoms with Gasteiger partial charge >= 0.3 is 0 Å². The molecule has 0 aliphatic rings. The third-order valence-electron chi connectivity index (χ3n) is 10.1. The Kier molecular flexibility index (Phi) is 15.3. The van der Waals surface area contributed by atoms with E-state index in [9.17, 15) is 0 Å². The third kappa shape index (κ3) is 11.6. The van der Waals surface area contributed by atoms with Crippen LogP contribution >= 0.6 is 34.8 Å². The van der Waals surface area contributed by atoms with E-state index in [1.165, 1.54) is 18.3 Å². The number of allylic oxidation sites excluding steroid dienone is 2. The molecule has 8 aromatic rings. The standard InChI is InChI=1S/C25H18ClN7.C19H14Cl2N4.C7H6N2/c1-14-8-16(4-3-7-27)9-15(2)22(14)19-10-18(26)11-20-23(19)32-25(33-24(20)29)31-21-6-5-17(12-28)13-30-21;1-10-6-12(4-3-5-22)7-11(2)16(10)14-8-13(20)9-15-17(14)24-19(21)25-18(15)23;8-5-6-1-3-7(9)4-2-6/h3-6,8-11,13H,1-2H3,(H3,29,30,31,32,33);3-4,6-9H,1-2H3,(H2,23,24,25);1-4H,9H2/b2*4-3+;. The van der Waals surface area contributed by atoms with Gasteiger partial charge in [0.1, 0.15) is 23.5 Å². The van der Waals surface area contributed by atoms with Gasteiger partial charge in [0, 0.05) is 56.0 Å². The summed E-state index contributed by atoms with van der Waals surface area (Å²) in [4.78, 5) is 21.7. The number of aromatic nitrogens is 5. The lowest BCUT2D eigenvalue weighted by atomic mass is 9.92. The van der Waals surface area contributed by atoms with Gasteiger partial charge in [0.2, 0.25) is 11.2 Å². The van der Waals surface area contributed by atoms with Gasteiger partial charge in [-0.15, -0.1) is 0 Å². The smallest absolute Gasteiger partial charge is 0.230 e. The molecule has 0 amide bonds. The number of aryl methyl sites for hydroxylation is 4. The van der Waals surface area contributed by atoms with E-state index < -0.39 is 0 Å². The first-order valence-corrected chi connectivity index (χ1v) is 21.2. The van der Waals surface area contributed by atoms with Crippen molar-refractivity contribution in [1.29, 1.82) is 21.0 Å². The van der Waals surface area contributed by atoms with Crippen LogP contribution in [0.15, 0.2) is 103 Å². The molecule has 0 spiro atoms. The van der Waals surface area contributed by atoms with Gasteiger partial charge in [-0.05, 0) is 157 Å². The molecule has 0 aliphatic heterocycles. The van der Waals surface area contributed by atoms with Crippen molar-refractivity contribution >= 4 is 97.9 Å². The van der Waals surface area contributed by atoms with Crippen LogP contribution in [-0.2, 0) is 0 Å². The molecule has 0 unspecified atom stereocenters. The number of pyridine rings is 1. The Bertz CT molecular complexity index is 3380. The number of nitrogen functional groups attached to an aromatic ring is 3. The quantitative estimate of drug-likeness (QED) is 0.0688. The number of nitriles is 4. The van der Waals surface area contributed by atoms with Crippen molar-refractivity contribution in [3.63, 3.8) is 0 Å². The van der Waals surface area contributed by atoms with Crippen LogP contribution in [0.1, 0.15) is 44.5 Å². The number of fused-ring (bicyclic) bond motifs is 2. The summed E-state index contributed by atoms with van der Waals surface area (Å²) in [6, 6.07) is 33.4. The molecule has 8 rings (SSSR count). The van der Waals surface area contributed by atoms with Crippen molar-refractivity contribution in [3.8, 4) is 46.5 Å². The summed E-state index contributed by atoms with van der Waals surface area (Å²) < 4.78 is 0. The first-order chi connectivity index (χ1) is 32.1. The van der Waals surface area contributed by atoms with Crippen molar-refractivity contribution in [2.45, 2.75) is 27.7 Å². The highest BCUT2D eigenvalue weighted by atomic mass is 35.5. The number of benzene rings is 5. The molecule has 67 heavy (non-hydrogen) atoms. The lowest BCUT2D eigenvalue weighted by Gasteiger charge is -2.16. The summed E-state index contributed by atoms with van der Waals surface area (Å²) in [6.07, 6.45) is 7.92. The summed E-state index contributed by atoms with van der Waals surface area (Å²) in [7, 11) is 0. The number of hydrogen-bond donors (Lipinski definition) is 4. The number of halogens is 3. The first-order valence-electron chi connectivity index (χ1n) is 20.1. The van der Waals surface area contributed by atoms with Crippen LogP contribution in [0.2, 0.25) is 15.3 Å². The van der Waals surface area contributed by atoms with E-state index in [2.05, 4.69) is 25.3 Å². The zero-order valence-electron chi connectivity index (χ0n) is 36.4. The Balaban J connectivity index is 0.000000191. The molecule has 328 valence electrons. The average molecular weight is 939 g/mol. The molecule has 5 aromatic carbocycles. The average Bonchev–Trinajstić information content (AvgIpc) is 3.29. The van der Waals surface area contributed by atoms with Crippen LogP contribution in [0.5, 0.6) is 0 Å². The van der Waals surface area contributed by atoms with Crippen molar-refractivity contribution in [1.82, 2.24) is 24.9 Å². The first kappa shape index (κ1) is 47.9. The van der Waals surface area contributed by atoms with Crippen LogP contribution in [0, 0.1) is 73.0 Å². The Labute approximate surface area is 401 Å². The summed E-state index contributed by atoms with van der Waals surface area (Å²) in [5.74, 6) is 1.35. The van der Waals surface area contributed by atoms with Gasteiger partial charge in [-0.2, -0.15) is 26.0 Å². The van der Waals surface area contributed by atoms with Crippen molar-refractivity contribution in [3.05, 3.63) is 163 Å². The topological polar surface area (TPSA) is 250 Å². The lowest BCUT2D eigenvalue weighted by Crippen LogP contribution is -2.04. The molecular formula is C51H38Cl3N13. The predicted molar refractivity (Wildman–Crippen MR) is 270 cm³/mol. The maximum atomic E-state index is 8.96. The van der Waals surface area contributed by atoms with Gasteiger partial charge in [-0.3, -0.25) is 0 Å². The SMILES string of the molecule is Cc1cc(/C=C/C#N)cc(C)c1-c1cc(Cl)cc2c(N)nc(Cl)nc12.Cc1cc(/C=C/C#N)cc(C)c1-c1cc(Cl)cc2c(N)nc(Nc3ccc(C#N)cn3)nc12.N#Cc1ccc(N)cc1. The van der Waals surface area contributed by atoms with Crippen LogP contribution in [0.3, 0.4) is 0 Å². The molecular weight excluding hydrogens is 901 g/mol. The van der Waals surface area contributed by atoms with E-state index >= 15 is 0 Å². The van der Waals surface area contributed by atoms with E-state index in [1.54, 1.807) is 60.7 Å². The zero-order valence-corrected chi connectivity index (χ0v) is 38.6. The van der Waals surface area contributed by atoms with Crippen LogP contribution in [0.4, 0.5) is 29.1 Å². The second-order valence-corrected chi connectivity index (χ2v) is 16.1. The van der Waals surface area contributed by atoms with Crippen molar-refractivity contribution < 1.29 is 0 Å². The maximum absolute atomic E-state index is 8.96. The van der Waals surface area contributed by atoms with E-state index in [4.69, 9.17) is 78.0 Å². The highest BCUT2D eigenvalue weighted by Gasteiger charge is 2.18. The Hall–Kier alpha value is -8.56. The monoisotopic (exact) mass is 937 g/mol. The molecule has 0 saturated carbocycles. The fourth-order valence-electron chi connectivity index (χ4n) is 7.36. The molecule has 7 N–H and O–H groups in total. The van der Waals surface area contributed by atoms with E-state index in [0.29, 0.717) is 60.3 Å². The fourth-order valence-corrected chi connectivity index (χ4v) is 7.97. The molecule has 0 bridgehead atoms. The zero-order chi connectivity index (χ0) is 48.4. The molecule has 0 fully saturated rings. The molecule has 3 aromatic heterocycles. The Morgan fingerprint density at radius 3 is 1.46 bits per heavy atom. The minimum Gasteiger partial charge on any atom is -0.399 e. The summed E-state index contributed by atoms with van der Waals surface area (Å²) in [5, 5.41) is 40.4. The van der Waals surface area contributed by atoms with Gasteiger partial charge in [-0.25, -0.2) is 19.9 Å². The number of hydrogen-bond acceptors (Lipinski definition) is 13. The summed E-state index contributed by atoms with van der Waals surface area (Å²) in [6.45, 7) is 8.02. The molecule has 0 saturated heterocycles. The third-order valence-corrected chi connectivity index (χ3v) is 10.7. The molecule has 3 heterocycles. The van der Waals surface area contributed by atoms with Crippen LogP contribution < -0.4 is 22.5 Å². The fraction of sp³-hybridized carbons (Fsp3) is 0.0784. The van der Waals surface area contributed by atoms with Crippen molar-refractivity contribution in [2.24, 2.45) is 0 Å². The number of nitrogens with two attached hydrogens (primary N) is 3. The Morgan fingerprint density at radius 2 is 1.01 bits per heavy atom. The largest absolute Gasteiger partial charge is 0.399 e. The van der Waals surface area contributed by atoms with E-state index in [-0.39, 0.29) is 17.0 Å². The van der Waals surface area contributed by atoms with Crippen molar-refractivity contribution in [2.75, 3.05) is 22.5 Å². The van der Waals surface area contributed by atoms with Gasteiger partial charge < -0.3 is 22.5 Å². The highest BCUT2D eigenvalue weighted by Crippen LogP contribution is 2.39. The van der Waals surface area contributed by atoms with Crippen LogP contribution in [-0.4, -0.2) is 24.9 Å². The molecule has 13 nitrogen and oxygen atoms in total. The van der Waals surface area contributed by atoms with E-state index in [1.807, 2.05) is 88.4 Å². The minimum atomic E-state index is 0.0949. The number of nitrogens with one attached hydrogen (secondary N) is 1. The normalized spacial score (nSPS) is 10.6. The summed E-state index contributed by atoms with van der Waals surface area (Å²) >= 11 is 18.7. The van der Waals surface area contributed by atoms with Crippen LogP contribution in [0.25, 0.3) is 56.2 Å². The number of rotatable bonds is 6. The number of anilines is 5. The predicted octanol–water partition coefficient (Wildman–Crippen LogP) is 12.2. The summed E-state index contributed by atoms with van der Waals surface area (Å²) in [5.41, 5.74) is 30.4. The van der Waals surface area contributed by atoms with Gasteiger partial charge in [-0.1, -0.05) is 47.5 Å². The minimum absolute atomic E-state index is 0.0949. The van der Waals surface area contributed by atoms with Gasteiger partial charge in [0.15, 0.2) is 0 Å². The molecule has 16 heteroatoms. The lowest BCUT2D eigenvalue weighted by molar-refractivity contribution is 1.19. The second-order valence-electron chi connectivity index (χ2n) is 14.9. The number of nitrogens with zero attached hydrogens (tertiary/aromatic N) is 9. The molecule has 0 aliphatic carbocycles. The van der Waals surface area contributed by atoms with E-state index in [0.717, 1.165) is 55.6 Å². The highest BCUT2D eigenvalue weighted by molar-refractivity contribution is 6.33. The molecule has 0 atom stereocenters. The van der Waals surface area contributed by atoms with Gasteiger partial charge in [0.25, 0.3) is 0 Å². The second kappa shape index (κ2) is 21.4. The molecule has 0 radical (unpaired) electrons. The van der Waals surface area contributed by atoms with Gasteiger partial charge in [0.05, 0.1) is 40.4 Å².